The molecule has 0 aromatic heterocycles. The molecule has 4 nitrogen and oxygen atoms in total. The van der Waals surface area contributed by atoms with Gasteiger partial charge in [-0.15, -0.1) is 0 Å². The zero-order valence-corrected chi connectivity index (χ0v) is 9.38. The molecule has 1 unspecified atom stereocenters. The molecule has 0 saturated carbocycles. The van der Waals surface area contributed by atoms with E-state index in [0.717, 1.165) is 0 Å². The Balaban J connectivity index is 4.36. The highest BCUT2D eigenvalue weighted by molar-refractivity contribution is 9.25. The fourth-order valence-electron chi connectivity index (χ4n) is 0.672. The van der Waals surface area contributed by atoms with Crippen molar-refractivity contribution in [2.24, 2.45) is 0 Å². The van der Waals surface area contributed by atoms with E-state index in [0.29, 0.717) is 6.42 Å². The van der Waals surface area contributed by atoms with Crippen LogP contribution in [-0.4, -0.2) is 21.5 Å². The smallest absolute Gasteiger partial charge is 0.352 e. The van der Waals surface area contributed by atoms with Gasteiger partial charge >= 0.3 is 3.36 Å². The molecule has 0 N–H and O–H groups in total. The standard InChI is InChI=1S/C5H9Br2NO3/c1-3-4(11-2)5(6,7)8(9)10/h4H,3H2,1-2H3. The Hall–Kier alpha value is 0.320. The lowest BCUT2D eigenvalue weighted by Gasteiger charge is -2.20. The highest BCUT2D eigenvalue weighted by atomic mass is 79.9. The van der Waals surface area contributed by atoms with E-state index in [1.807, 2.05) is 6.92 Å². The molecule has 0 aliphatic rings. The van der Waals surface area contributed by atoms with E-state index in [4.69, 9.17) is 4.74 Å². The summed E-state index contributed by atoms with van der Waals surface area (Å²) in [6.07, 6.45) is 0.0889. The van der Waals surface area contributed by atoms with Crippen molar-refractivity contribution in [2.45, 2.75) is 22.8 Å². The van der Waals surface area contributed by atoms with Crippen molar-refractivity contribution in [3.63, 3.8) is 0 Å². The molecule has 0 aliphatic heterocycles. The number of nitro groups is 1. The lowest BCUT2D eigenvalue weighted by Crippen LogP contribution is -2.38. The Kier molecular flexibility index (Phi) is 4.50. The van der Waals surface area contributed by atoms with Gasteiger partial charge in [-0.1, -0.05) is 6.92 Å². The number of ether oxygens (including phenoxy) is 1. The predicted molar refractivity (Wildman–Crippen MR) is 48.7 cm³/mol. The van der Waals surface area contributed by atoms with Crippen LogP contribution in [0.5, 0.6) is 0 Å². The average Bonchev–Trinajstić information content (AvgIpc) is 1.89. The van der Waals surface area contributed by atoms with Crippen LogP contribution in [0, 0.1) is 10.1 Å². The van der Waals surface area contributed by atoms with Crippen LogP contribution < -0.4 is 0 Å². The molecular weight excluding hydrogens is 282 g/mol. The predicted octanol–water partition coefficient (Wildman–Crippen LogP) is 2.13. The van der Waals surface area contributed by atoms with E-state index in [9.17, 15) is 10.1 Å². The molecule has 0 saturated heterocycles. The Morgan fingerprint density at radius 2 is 2.18 bits per heavy atom. The first-order valence-corrected chi connectivity index (χ1v) is 4.60. The second-order valence-electron chi connectivity index (χ2n) is 1.98. The van der Waals surface area contributed by atoms with Crippen molar-refractivity contribution >= 4 is 31.9 Å². The summed E-state index contributed by atoms with van der Waals surface area (Å²) < 4.78 is 3.53. The summed E-state index contributed by atoms with van der Waals surface area (Å²) in [4.78, 5) is 9.94. The van der Waals surface area contributed by atoms with Gasteiger partial charge in [0.2, 0.25) is 0 Å². The zero-order valence-electron chi connectivity index (χ0n) is 6.21. The number of halogens is 2. The van der Waals surface area contributed by atoms with Gasteiger partial charge in [0.1, 0.15) is 6.10 Å². The van der Waals surface area contributed by atoms with Gasteiger partial charge in [-0.3, -0.25) is 10.1 Å². The lowest BCUT2D eigenvalue weighted by molar-refractivity contribution is -0.516. The Morgan fingerprint density at radius 3 is 2.27 bits per heavy atom. The van der Waals surface area contributed by atoms with Gasteiger partial charge in [0.25, 0.3) is 0 Å². The quantitative estimate of drug-likeness (QED) is 0.345. The van der Waals surface area contributed by atoms with Crippen LogP contribution in [0.1, 0.15) is 13.3 Å². The number of hydrogen-bond acceptors (Lipinski definition) is 3. The van der Waals surface area contributed by atoms with Crippen molar-refractivity contribution in [2.75, 3.05) is 7.11 Å². The fourth-order valence-corrected chi connectivity index (χ4v) is 1.69. The number of rotatable bonds is 4. The van der Waals surface area contributed by atoms with E-state index in [-0.39, 0.29) is 0 Å². The third-order valence-corrected chi connectivity index (χ3v) is 2.89. The second-order valence-corrected chi connectivity index (χ2v) is 5.46. The highest BCUT2D eigenvalue weighted by Crippen LogP contribution is 2.33. The Bertz CT molecular complexity index is 147. The fraction of sp³-hybridized carbons (Fsp3) is 1.00. The van der Waals surface area contributed by atoms with E-state index in [1.54, 1.807) is 0 Å². The van der Waals surface area contributed by atoms with E-state index in [1.165, 1.54) is 7.11 Å². The van der Waals surface area contributed by atoms with Gasteiger partial charge in [-0.05, 0) is 6.42 Å². The second kappa shape index (κ2) is 4.37. The first-order chi connectivity index (χ1) is 4.96. The van der Waals surface area contributed by atoms with Gasteiger partial charge in [-0.25, -0.2) is 0 Å². The van der Waals surface area contributed by atoms with Gasteiger partial charge in [-0.2, -0.15) is 0 Å². The summed E-state index contributed by atoms with van der Waals surface area (Å²) in [5.74, 6) is 0. The molecule has 66 valence electrons. The Labute approximate surface area is 81.7 Å². The molecule has 0 amide bonds. The normalized spacial score (nSPS) is 14.5. The van der Waals surface area contributed by atoms with Crippen molar-refractivity contribution < 1.29 is 9.66 Å². The van der Waals surface area contributed by atoms with Gasteiger partial charge in [0.05, 0.1) is 4.92 Å². The number of alkyl halides is 2. The minimum Gasteiger partial charge on any atom is -0.372 e. The van der Waals surface area contributed by atoms with Crippen LogP contribution in [0.2, 0.25) is 0 Å². The molecule has 1 atom stereocenters. The molecule has 0 aromatic rings. The highest BCUT2D eigenvalue weighted by Gasteiger charge is 2.45. The molecule has 0 bridgehead atoms. The van der Waals surface area contributed by atoms with Crippen molar-refractivity contribution in [1.29, 1.82) is 0 Å². The van der Waals surface area contributed by atoms with Gasteiger partial charge in [0.15, 0.2) is 0 Å². The van der Waals surface area contributed by atoms with E-state index < -0.39 is 14.4 Å². The van der Waals surface area contributed by atoms with Crippen LogP contribution in [-0.2, 0) is 4.74 Å². The first kappa shape index (κ1) is 11.3. The summed E-state index contributed by atoms with van der Waals surface area (Å²) in [7, 11) is 1.44. The first-order valence-electron chi connectivity index (χ1n) is 3.01. The molecule has 6 heteroatoms. The van der Waals surface area contributed by atoms with Crippen molar-refractivity contribution in [3.05, 3.63) is 10.1 Å². The molecule has 0 fully saturated rings. The maximum absolute atomic E-state index is 10.4. The molecule has 0 aromatic carbocycles. The summed E-state index contributed by atoms with van der Waals surface area (Å²) in [5, 5.41) is 10.4. The monoisotopic (exact) mass is 289 g/mol. The molecule has 0 spiro atoms. The molecule has 11 heavy (non-hydrogen) atoms. The molecule has 0 heterocycles. The van der Waals surface area contributed by atoms with Crippen LogP contribution in [0.4, 0.5) is 0 Å². The van der Waals surface area contributed by atoms with E-state index in [2.05, 4.69) is 31.9 Å². The number of methoxy groups -OCH3 is 1. The van der Waals surface area contributed by atoms with Crippen LogP contribution in [0.15, 0.2) is 0 Å². The van der Waals surface area contributed by atoms with Gasteiger partial charge < -0.3 is 4.74 Å². The minimum atomic E-state index is -1.36. The van der Waals surface area contributed by atoms with Crippen LogP contribution >= 0.6 is 31.9 Å². The Morgan fingerprint density at radius 1 is 1.73 bits per heavy atom. The van der Waals surface area contributed by atoms with Crippen molar-refractivity contribution in [1.82, 2.24) is 0 Å². The summed E-state index contributed by atoms with van der Waals surface area (Å²) in [6, 6.07) is 0. The third-order valence-electron chi connectivity index (χ3n) is 1.29. The SMILES string of the molecule is CCC(OC)C(Br)(Br)[N+](=O)[O-]. The maximum atomic E-state index is 10.4. The molecule has 0 aliphatic carbocycles. The summed E-state index contributed by atoms with van der Waals surface area (Å²) >= 11 is 5.85. The van der Waals surface area contributed by atoms with Crippen LogP contribution in [0.3, 0.4) is 0 Å². The molecule has 0 radical (unpaired) electrons. The average molecular weight is 291 g/mol. The number of nitrogens with zero attached hydrogens (tertiary/aromatic N) is 1. The third kappa shape index (κ3) is 2.68. The minimum absolute atomic E-state index is 0.468. The van der Waals surface area contributed by atoms with Crippen molar-refractivity contribution in [3.8, 4) is 0 Å². The lowest BCUT2D eigenvalue weighted by atomic mass is 10.3. The topological polar surface area (TPSA) is 52.4 Å². The van der Waals surface area contributed by atoms with Crippen LogP contribution in [0.25, 0.3) is 0 Å². The molecule has 0 rings (SSSR count). The van der Waals surface area contributed by atoms with E-state index >= 15 is 0 Å². The van der Waals surface area contributed by atoms with Gasteiger partial charge in [0, 0.05) is 39.0 Å². The summed E-state index contributed by atoms with van der Waals surface area (Å²) in [6.45, 7) is 1.81. The largest absolute Gasteiger partial charge is 0.372 e. The number of hydrogen-bond donors (Lipinski definition) is 0. The summed E-state index contributed by atoms with van der Waals surface area (Å²) in [5.41, 5.74) is 0. The maximum Gasteiger partial charge on any atom is 0.352 e. The zero-order chi connectivity index (χ0) is 9.07. The molecular formula is C5H9Br2NO3.